The maximum absolute atomic E-state index is 13.4. The van der Waals surface area contributed by atoms with Gasteiger partial charge in [0.15, 0.2) is 17.3 Å². The topological polar surface area (TPSA) is 73.9 Å². The van der Waals surface area contributed by atoms with Crippen LogP contribution in [0.15, 0.2) is 40.7 Å². The third-order valence-corrected chi connectivity index (χ3v) is 6.56. The molecule has 1 aromatic carbocycles. The molecule has 31 heavy (non-hydrogen) atoms. The summed E-state index contributed by atoms with van der Waals surface area (Å²) < 4.78 is 16.8. The number of hydrogen-bond donors (Lipinski definition) is 1. The van der Waals surface area contributed by atoms with Crippen molar-refractivity contribution in [1.29, 1.82) is 0 Å². The minimum atomic E-state index is -0.472. The molecule has 0 radical (unpaired) electrons. The van der Waals surface area contributed by atoms with E-state index in [1.165, 1.54) is 6.42 Å². The van der Waals surface area contributed by atoms with Gasteiger partial charge in [0, 0.05) is 29.3 Å². The summed E-state index contributed by atoms with van der Waals surface area (Å²) in [6.45, 7) is 1.90. The van der Waals surface area contributed by atoms with E-state index in [1.54, 1.807) is 14.2 Å². The number of carbonyl (C=O) groups excluding carboxylic acids is 2. The van der Waals surface area contributed by atoms with Gasteiger partial charge in [-0.1, -0.05) is 12.5 Å². The van der Waals surface area contributed by atoms with Crippen molar-refractivity contribution < 1.29 is 23.8 Å². The molecule has 1 heterocycles. The highest BCUT2D eigenvalue weighted by Crippen LogP contribution is 2.44. The summed E-state index contributed by atoms with van der Waals surface area (Å²) in [5, 5.41) is 3.35. The van der Waals surface area contributed by atoms with Crippen molar-refractivity contribution in [3.8, 4) is 11.5 Å². The number of methoxy groups -OCH3 is 2. The quantitative estimate of drug-likeness (QED) is 0.698. The fourth-order valence-electron chi connectivity index (χ4n) is 5.02. The molecule has 6 nitrogen and oxygen atoms in total. The van der Waals surface area contributed by atoms with E-state index in [2.05, 4.69) is 5.32 Å². The van der Waals surface area contributed by atoms with E-state index in [9.17, 15) is 9.59 Å². The monoisotopic (exact) mass is 425 g/mol. The number of dihydropyridines is 1. The second kappa shape index (κ2) is 9.16. The van der Waals surface area contributed by atoms with Gasteiger partial charge in [-0.3, -0.25) is 4.79 Å². The zero-order chi connectivity index (χ0) is 22.0. The molecule has 166 valence electrons. The van der Waals surface area contributed by atoms with E-state index in [0.29, 0.717) is 29.1 Å². The van der Waals surface area contributed by atoms with Crippen LogP contribution in [0.3, 0.4) is 0 Å². The standard InChI is InChI=1S/C25H31NO5/c1-15-22(25(28)31-17-8-5-4-6-9-17)23(24-18(26-15)10-7-11-19(24)27)16-12-13-20(29-2)21(14-16)30-3/h12-14,17,23,26H,4-11H2,1-3H3/t23-/m0/s1. The highest BCUT2D eigenvalue weighted by molar-refractivity contribution is 6.03. The number of benzene rings is 1. The number of hydrogen-bond acceptors (Lipinski definition) is 6. The zero-order valence-corrected chi connectivity index (χ0v) is 18.6. The molecular formula is C25H31NO5. The van der Waals surface area contributed by atoms with Gasteiger partial charge in [-0.25, -0.2) is 4.79 Å². The molecule has 0 saturated heterocycles. The van der Waals surface area contributed by atoms with Gasteiger partial charge >= 0.3 is 5.97 Å². The Labute approximate surface area is 183 Å². The van der Waals surface area contributed by atoms with Crippen molar-refractivity contribution >= 4 is 11.8 Å². The van der Waals surface area contributed by atoms with Crippen molar-refractivity contribution in [2.24, 2.45) is 0 Å². The molecule has 2 aliphatic carbocycles. The lowest BCUT2D eigenvalue weighted by molar-refractivity contribution is -0.146. The summed E-state index contributed by atoms with van der Waals surface area (Å²) in [5.41, 5.74) is 3.71. The number of esters is 1. The third-order valence-electron chi connectivity index (χ3n) is 6.56. The SMILES string of the molecule is COc1ccc([C@H]2C(C(=O)OC3CCCCC3)=C(C)NC3=C2C(=O)CCC3)cc1OC. The molecule has 6 heteroatoms. The summed E-state index contributed by atoms with van der Waals surface area (Å²) in [4.78, 5) is 26.4. The molecule has 1 atom stereocenters. The molecule has 3 aliphatic rings. The Hall–Kier alpha value is -2.76. The van der Waals surface area contributed by atoms with Crippen LogP contribution in [0.2, 0.25) is 0 Å². The van der Waals surface area contributed by atoms with Gasteiger partial charge < -0.3 is 19.5 Å². The van der Waals surface area contributed by atoms with Crippen LogP contribution in [-0.4, -0.2) is 32.1 Å². The first-order valence-corrected chi connectivity index (χ1v) is 11.2. The van der Waals surface area contributed by atoms with E-state index in [0.717, 1.165) is 55.5 Å². The molecule has 1 aromatic rings. The molecule has 1 saturated carbocycles. The lowest BCUT2D eigenvalue weighted by Crippen LogP contribution is -2.35. The first kappa shape index (κ1) is 21.5. The lowest BCUT2D eigenvalue weighted by atomic mass is 9.75. The first-order chi connectivity index (χ1) is 15.0. The molecular weight excluding hydrogens is 394 g/mol. The summed E-state index contributed by atoms with van der Waals surface area (Å²) >= 11 is 0. The van der Waals surface area contributed by atoms with Crippen LogP contribution in [-0.2, 0) is 14.3 Å². The maximum atomic E-state index is 13.4. The first-order valence-electron chi connectivity index (χ1n) is 11.2. The fraction of sp³-hybridized carbons (Fsp3) is 0.520. The average Bonchev–Trinajstić information content (AvgIpc) is 2.78. The van der Waals surface area contributed by atoms with Crippen molar-refractivity contribution in [2.45, 2.75) is 70.3 Å². The van der Waals surface area contributed by atoms with Crippen molar-refractivity contribution in [1.82, 2.24) is 5.32 Å². The Kier molecular flexibility index (Phi) is 6.35. The van der Waals surface area contributed by atoms with Gasteiger partial charge in [0.05, 0.1) is 19.8 Å². The fourth-order valence-corrected chi connectivity index (χ4v) is 5.02. The third kappa shape index (κ3) is 4.21. The van der Waals surface area contributed by atoms with Crippen molar-refractivity contribution in [3.63, 3.8) is 0 Å². The predicted octanol–water partition coefficient (Wildman–Crippen LogP) is 4.55. The average molecular weight is 426 g/mol. The highest BCUT2D eigenvalue weighted by atomic mass is 16.5. The number of nitrogens with one attached hydrogen (secondary N) is 1. The number of allylic oxidation sites excluding steroid dienone is 3. The van der Waals surface area contributed by atoms with E-state index >= 15 is 0 Å². The summed E-state index contributed by atoms with van der Waals surface area (Å²) in [6.07, 6.45) is 7.22. The predicted molar refractivity (Wildman–Crippen MR) is 117 cm³/mol. The minimum absolute atomic E-state index is 0.0509. The minimum Gasteiger partial charge on any atom is -0.493 e. The van der Waals surface area contributed by atoms with Crippen LogP contribution in [0.25, 0.3) is 0 Å². The Morgan fingerprint density at radius 2 is 1.74 bits per heavy atom. The van der Waals surface area contributed by atoms with Crippen LogP contribution in [0, 0.1) is 0 Å². The molecule has 0 unspecified atom stereocenters. The van der Waals surface area contributed by atoms with Gasteiger partial charge in [-0.15, -0.1) is 0 Å². The summed E-state index contributed by atoms with van der Waals surface area (Å²) in [5.74, 6) is 0.462. The second-order valence-corrected chi connectivity index (χ2v) is 8.55. The van der Waals surface area contributed by atoms with Crippen LogP contribution in [0.4, 0.5) is 0 Å². The lowest BCUT2D eigenvalue weighted by Gasteiger charge is -2.35. The second-order valence-electron chi connectivity index (χ2n) is 8.55. The number of carbonyl (C=O) groups is 2. The Morgan fingerprint density at radius 3 is 2.45 bits per heavy atom. The number of ketones is 1. The van der Waals surface area contributed by atoms with Crippen LogP contribution >= 0.6 is 0 Å². The van der Waals surface area contributed by atoms with Gasteiger partial charge in [0.25, 0.3) is 0 Å². The van der Waals surface area contributed by atoms with E-state index in [1.807, 2.05) is 25.1 Å². The normalized spacial score (nSPS) is 22.0. The van der Waals surface area contributed by atoms with E-state index in [4.69, 9.17) is 14.2 Å². The molecule has 1 N–H and O–H groups in total. The molecule has 0 bridgehead atoms. The summed E-state index contributed by atoms with van der Waals surface area (Å²) in [7, 11) is 3.17. The van der Waals surface area contributed by atoms with Crippen LogP contribution in [0.1, 0.15) is 69.8 Å². The largest absolute Gasteiger partial charge is 0.493 e. The smallest absolute Gasteiger partial charge is 0.337 e. The maximum Gasteiger partial charge on any atom is 0.337 e. The van der Waals surface area contributed by atoms with Crippen molar-refractivity contribution in [3.05, 3.63) is 46.3 Å². The molecule has 0 spiro atoms. The van der Waals surface area contributed by atoms with Gasteiger partial charge in [-0.2, -0.15) is 0 Å². The zero-order valence-electron chi connectivity index (χ0n) is 18.6. The van der Waals surface area contributed by atoms with Gasteiger partial charge in [0.2, 0.25) is 0 Å². The molecule has 4 rings (SSSR count). The van der Waals surface area contributed by atoms with Gasteiger partial charge in [0.1, 0.15) is 6.10 Å². The Balaban J connectivity index is 1.76. The molecule has 1 aliphatic heterocycles. The number of rotatable bonds is 5. The molecule has 1 fully saturated rings. The highest BCUT2D eigenvalue weighted by Gasteiger charge is 2.40. The number of Topliss-reactive ketones (excluding diaryl/α,β-unsaturated/α-hetero) is 1. The van der Waals surface area contributed by atoms with E-state index in [-0.39, 0.29) is 17.9 Å². The molecule has 0 aromatic heterocycles. The molecule has 0 amide bonds. The Bertz CT molecular complexity index is 939. The van der Waals surface area contributed by atoms with Crippen molar-refractivity contribution in [2.75, 3.05) is 14.2 Å². The van der Waals surface area contributed by atoms with E-state index < -0.39 is 5.92 Å². The summed E-state index contributed by atoms with van der Waals surface area (Å²) in [6, 6.07) is 5.59. The number of ether oxygens (including phenoxy) is 3. The van der Waals surface area contributed by atoms with Gasteiger partial charge in [-0.05, 0) is 63.1 Å². The van der Waals surface area contributed by atoms with Crippen LogP contribution in [0.5, 0.6) is 11.5 Å². The Morgan fingerprint density at radius 1 is 1.00 bits per heavy atom. The van der Waals surface area contributed by atoms with Crippen LogP contribution < -0.4 is 14.8 Å².